The van der Waals surface area contributed by atoms with Crippen molar-refractivity contribution in [2.45, 2.75) is 25.5 Å². The number of carbonyl (C=O) groups excluding carboxylic acids is 1. The van der Waals surface area contributed by atoms with E-state index in [0.717, 1.165) is 0 Å². The minimum absolute atomic E-state index is 0.0488. The zero-order chi connectivity index (χ0) is 10.3. The monoisotopic (exact) mass is 205 g/mol. The fourth-order valence-electron chi connectivity index (χ4n) is 1.04. The van der Waals surface area contributed by atoms with Crippen LogP contribution in [0.15, 0.2) is 0 Å². The van der Waals surface area contributed by atoms with Crippen molar-refractivity contribution in [1.82, 2.24) is 4.90 Å². The Morgan fingerprint density at radius 3 is 2.62 bits per heavy atom. The Kier molecular flexibility index (Phi) is 7.09. The van der Waals surface area contributed by atoms with Crippen molar-refractivity contribution in [3.8, 4) is 0 Å². The van der Waals surface area contributed by atoms with E-state index in [-0.39, 0.29) is 12.5 Å². The van der Waals surface area contributed by atoms with Crippen LogP contribution in [0.25, 0.3) is 0 Å². The summed E-state index contributed by atoms with van der Waals surface area (Å²) >= 11 is 1.69. The van der Waals surface area contributed by atoms with Gasteiger partial charge in [-0.05, 0) is 13.2 Å². The first-order valence-electron chi connectivity index (χ1n) is 4.57. The molecule has 1 atom stereocenters. The summed E-state index contributed by atoms with van der Waals surface area (Å²) < 4.78 is 0. The average Bonchev–Trinajstić information content (AvgIpc) is 2.13. The molecular formula is C9H19NO2S. The van der Waals surface area contributed by atoms with Gasteiger partial charge in [0.1, 0.15) is 0 Å². The van der Waals surface area contributed by atoms with Crippen molar-refractivity contribution in [2.24, 2.45) is 0 Å². The molecule has 78 valence electrons. The molecule has 3 nitrogen and oxygen atoms in total. The van der Waals surface area contributed by atoms with E-state index in [1.807, 2.05) is 20.1 Å². The molecule has 0 radical (unpaired) electrons. The van der Waals surface area contributed by atoms with Crippen molar-refractivity contribution in [3.05, 3.63) is 0 Å². The molecule has 1 amide bonds. The number of rotatable bonds is 6. The number of aliphatic hydroxyl groups is 1. The Labute approximate surface area is 84.5 Å². The standard InChI is InChI=1S/C9H19NO2S/c1-4-10(5-6-11)9(12)7-8(2)13-3/h8,11H,4-7H2,1-3H3. The van der Waals surface area contributed by atoms with Crippen molar-refractivity contribution >= 4 is 17.7 Å². The van der Waals surface area contributed by atoms with Crippen molar-refractivity contribution in [1.29, 1.82) is 0 Å². The van der Waals surface area contributed by atoms with E-state index in [4.69, 9.17) is 5.11 Å². The van der Waals surface area contributed by atoms with Gasteiger partial charge in [0, 0.05) is 24.8 Å². The van der Waals surface area contributed by atoms with E-state index < -0.39 is 0 Å². The topological polar surface area (TPSA) is 40.5 Å². The van der Waals surface area contributed by atoms with Gasteiger partial charge < -0.3 is 10.0 Å². The Bertz CT molecular complexity index is 153. The van der Waals surface area contributed by atoms with Crippen LogP contribution in [-0.2, 0) is 4.79 Å². The lowest BCUT2D eigenvalue weighted by atomic mass is 10.3. The molecule has 13 heavy (non-hydrogen) atoms. The highest BCUT2D eigenvalue weighted by molar-refractivity contribution is 7.99. The molecule has 0 fully saturated rings. The molecule has 0 aromatic carbocycles. The molecule has 1 N–H and O–H groups in total. The van der Waals surface area contributed by atoms with Gasteiger partial charge in [-0.25, -0.2) is 0 Å². The van der Waals surface area contributed by atoms with Gasteiger partial charge in [-0.3, -0.25) is 4.79 Å². The molecule has 4 heteroatoms. The second-order valence-electron chi connectivity index (χ2n) is 2.95. The van der Waals surface area contributed by atoms with Crippen LogP contribution in [0, 0.1) is 0 Å². The quantitative estimate of drug-likeness (QED) is 0.702. The Balaban J connectivity index is 3.90. The maximum Gasteiger partial charge on any atom is 0.223 e. The zero-order valence-electron chi connectivity index (χ0n) is 8.62. The molecule has 0 aliphatic rings. The van der Waals surface area contributed by atoms with E-state index in [9.17, 15) is 4.79 Å². The predicted octanol–water partition coefficient (Wildman–Crippen LogP) is 0.969. The van der Waals surface area contributed by atoms with Gasteiger partial charge in [0.05, 0.1) is 6.61 Å². The second-order valence-corrected chi connectivity index (χ2v) is 4.22. The molecule has 0 aliphatic carbocycles. The SMILES string of the molecule is CCN(CCO)C(=O)CC(C)SC. The van der Waals surface area contributed by atoms with Gasteiger partial charge in [0.25, 0.3) is 0 Å². The Hall–Kier alpha value is -0.220. The summed E-state index contributed by atoms with van der Waals surface area (Å²) in [7, 11) is 0. The summed E-state index contributed by atoms with van der Waals surface area (Å²) in [6.45, 7) is 5.15. The highest BCUT2D eigenvalue weighted by atomic mass is 32.2. The minimum atomic E-state index is 0.0488. The Morgan fingerprint density at radius 1 is 1.62 bits per heavy atom. The molecule has 0 heterocycles. The van der Waals surface area contributed by atoms with Gasteiger partial charge in [-0.15, -0.1) is 0 Å². The molecule has 0 rings (SSSR count). The van der Waals surface area contributed by atoms with Crippen LogP contribution in [0.4, 0.5) is 0 Å². The van der Waals surface area contributed by atoms with Gasteiger partial charge >= 0.3 is 0 Å². The van der Waals surface area contributed by atoms with E-state index in [0.29, 0.717) is 24.8 Å². The third kappa shape index (κ3) is 5.16. The minimum Gasteiger partial charge on any atom is -0.395 e. The first kappa shape index (κ1) is 12.8. The number of carbonyl (C=O) groups is 1. The number of amides is 1. The zero-order valence-corrected chi connectivity index (χ0v) is 9.43. The number of likely N-dealkylation sites (N-methyl/N-ethyl adjacent to an activating group) is 1. The summed E-state index contributed by atoms with van der Waals surface area (Å²) in [6.07, 6.45) is 2.56. The average molecular weight is 205 g/mol. The lowest BCUT2D eigenvalue weighted by Gasteiger charge is -2.21. The third-order valence-electron chi connectivity index (χ3n) is 1.97. The van der Waals surface area contributed by atoms with Crippen molar-refractivity contribution in [2.75, 3.05) is 26.0 Å². The molecule has 1 unspecified atom stereocenters. The van der Waals surface area contributed by atoms with Gasteiger partial charge in [-0.2, -0.15) is 11.8 Å². The first-order chi connectivity index (χ1) is 6.15. The fraction of sp³-hybridized carbons (Fsp3) is 0.889. The van der Waals surface area contributed by atoms with Crippen LogP contribution in [0.3, 0.4) is 0 Å². The van der Waals surface area contributed by atoms with E-state index in [2.05, 4.69) is 0 Å². The predicted molar refractivity (Wildman–Crippen MR) is 56.9 cm³/mol. The number of aliphatic hydroxyl groups excluding tert-OH is 1. The van der Waals surface area contributed by atoms with E-state index in [1.165, 1.54) is 0 Å². The van der Waals surface area contributed by atoms with Crippen LogP contribution >= 0.6 is 11.8 Å². The molecule has 0 spiro atoms. The summed E-state index contributed by atoms with van der Waals surface area (Å²) in [5, 5.41) is 9.07. The summed E-state index contributed by atoms with van der Waals surface area (Å²) in [4.78, 5) is 13.2. The lowest BCUT2D eigenvalue weighted by Crippen LogP contribution is -2.34. The van der Waals surface area contributed by atoms with Crippen LogP contribution in [0.5, 0.6) is 0 Å². The number of nitrogens with zero attached hydrogens (tertiary/aromatic N) is 1. The van der Waals surface area contributed by atoms with Gasteiger partial charge in [0.15, 0.2) is 0 Å². The molecule has 0 saturated carbocycles. The van der Waals surface area contributed by atoms with Crippen LogP contribution in [0.1, 0.15) is 20.3 Å². The molecule has 0 aromatic rings. The van der Waals surface area contributed by atoms with Crippen molar-refractivity contribution < 1.29 is 9.90 Å². The number of hydrogen-bond acceptors (Lipinski definition) is 3. The van der Waals surface area contributed by atoms with Gasteiger partial charge in [-0.1, -0.05) is 6.92 Å². The smallest absolute Gasteiger partial charge is 0.223 e. The van der Waals surface area contributed by atoms with E-state index in [1.54, 1.807) is 16.7 Å². The summed E-state index contributed by atoms with van der Waals surface area (Å²) in [6, 6.07) is 0. The van der Waals surface area contributed by atoms with Crippen LogP contribution in [-0.4, -0.2) is 47.1 Å². The largest absolute Gasteiger partial charge is 0.395 e. The van der Waals surface area contributed by atoms with E-state index >= 15 is 0 Å². The highest BCUT2D eigenvalue weighted by Crippen LogP contribution is 2.11. The second kappa shape index (κ2) is 7.21. The van der Waals surface area contributed by atoms with Gasteiger partial charge in [0.2, 0.25) is 5.91 Å². The molecule has 0 aliphatic heterocycles. The third-order valence-corrected chi connectivity index (χ3v) is 2.94. The maximum absolute atomic E-state index is 11.5. The maximum atomic E-state index is 11.5. The molecule has 0 bridgehead atoms. The highest BCUT2D eigenvalue weighted by Gasteiger charge is 2.13. The number of hydrogen-bond donors (Lipinski definition) is 1. The molecule has 0 aromatic heterocycles. The summed E-state index contributed by atoms with van der Waals surface area (Å²) in [5.74, 6) is 0.137. The van der Waals surface area contributed by atoms with Crippen LogP contribution < -0.4 is 0 Å². The Morgan fingerprint density at radius 2 is 2.23 bits per heavy atom. The summed E-state index contributed by atoms with van der Waals surface area (Å²) in [5.41, 5.74) is 0. The lowest BCUT2D eigenvalue weighted by molar-refractivity contribution is -0.131. The fourth-order valence-corrected chi connectivity index (χ4v) is 1.35. The first-order valence-corrected chi connectivity index (χ1v) is 5.85. The molecule has 0 saturated heterocycles. The van der Waals surface area contributed by atoms with Crippen LogP contribution in [0.2, 0.25) is 0 Å². The number of thioether (sulfide) groups is 1. The molecular weight excluding hydrogens is 186 g/mol. The van der Waals surface area contributed by atoms with Crippen molar-refractivity contribution in [3.63, 3.8) is 0 Å². The normalized spacial score (nSPS) is 12.6.